The van der Waals surface area contributed by atoms with Gasteiger partial charge in [0.2, 0.25) is 0 Å². The molecular formula is C22H30FN5O4S. The maximum atomic E-state index is 14.4. The normalized spacial score (nSPS) is 15.3. The van der Waals surface area contributed by atoms with Crippen LogP contribution >= 0.6 is 0 Å². The predicted octanol–water partition coefficient (Wildman–Crippen LogP) is 3.60. The first kappa shape index (κ1) is 24.7. The van der Waals surface area contributed by atoms with Crippen LogP contribution in [0.15, 0.2) is 35.5 Å². The molecule has 1 amide bonds. The third-order valence-electron chi connectivity index (χ3n) is 5.31. The molecule has 0 atom stereocenters. The lowest BCUT2D eigenvalue weighted by Crippen LogP contribution is -2.47. The second-order valence-electron chi connectivity index (χ2n) is 9.11. The molecule has 2 aromatic rings. The van der Waals surface area contributed by atoms with Gasteiger partial charge in [0.05, 0.1) is 10.6 Å². The molecule has 0 spiro atoms. The number of carbonyl (C=O) groups is 1. The summed E-state index contributed by atoms with van der Waals surface area (Å²) in [5.74, 6) is 0.335. The van der Waals surface area contributed by atoms with Gasteiger partial charge >= 0.3 is 6.09 Å². The molecular weight excluding hydrogens is 449 g/mol. The largest absolute Gasteiger partial charge is 0.444 e. The van der Waals surface area contributed by atoms with E-state index in [9.17, 15) is 17.6 Å². The van der Waals surface area contributed by atoms with Crippen molar-refractivity contribution >= 4 is 33.3 Å². The number of aromatic nitrogens is 2. The van der Waals surface area contributed by atoms with Gasteiger partial charge in [-0.1, -0.05) is 0 Å². The SMILES string of the molecule is CN(c1cc(Nc2ccc(S(C)(=O)=O)cc2F)ncn1)C1CCN(C(=O)OC(C)(C)C)CC1. The van der Waals surface area contributed by atoms with Crippen molar-refractivity contribution in [1.29, 1.82) is 0 Å². The highest BCUT2D eigenvalue weighted by molar-refractivity contribution is 7.90. The zero-order valence-corrected chi connectivity index (χ0v) is 20.3. The molecule has 0 radical (unpaired) electrons. The number of amides is 1. The number of likely N-dealkylation sites (tertiary alicyclic amines) is 1. The molecule has 180 valence electrons. The monoisotopic (exact) mass is 479 g/mol. The van der Waals surface area contributed by atoms with Gasteiger partial charge in [-0.15, -0.1) is 0 Å². The molecule has 0 unspecified atom stereocenters. The summed E-state index contributed by atoms with van der Waals surface area (Å²) < 4.78 is 43.0. The molecule has 0 bridgehead atoms. The molecule has 1 aliphatic rings. The van der Waals surface area contributed by atoms with Crippen molar-refractivity contribution in [2.24, 2.45) is 0 Å². The standard InChI is InChI=1S/C22H30FN5O4S/c1-22(2,3)32-21(29)28-10-8-15(9-11-28)27(4)20-13-19(24-14-25-20)26-18-7-6-16(12-17(18)23)33(5,30)31/h6-7,12-15H,8-11H2,1-5H3,(H,24,25,26). The number of hydrogen-bond acceptors (Lipinski definition) is 8. The molecule has 9 nitrogen and oxygen atoms in total. The maximum Gasteiger partial charge on any atom is 0.410 e. The number of rotatable bonds is 5. The first-order valence-corrected chi connectivity index (χ1v) is 12.5. The summed E-state index contributed by atoms with van der Waals surface area (Å²) in [7, 11) is -1.58. The van der Waals surface area contributed by atoms with Gasteiger partial charge < -0.3 is 19.9 Å². The predicted molar refractivity (Wildman–Crippen MR) is 124 cm³/mol. The van der Waals surface area contributed by atoms with Crippen LogP contribution in [0.1, 0.15) is 33.6 Å². The highest BCUT2D eigenvalue weighted by Crippen LogP contribution is 2.26. The summed E-state index contributed by atoms with van der Waals surface area (Å²) >= 11 is 0. The lowest BCUT2D eigenvalue weighted by molar-refractivity contribution is 0.0205. The van der Waals surface area contributed by atoms with Gasteiger partial charge in [-0.05, 0) is 51.8 Å². The Morgan fingerprint density at radius 1 is 1.21 bits per heavy atom. The number of anilines is 3. The highest BCUT2D eigenvalue weighted by atomic mass is 32.2. The van der Waals surface area contributed by atoms with Crippen LogP contribution in [0.2, 0.25) is 0 Å². The summed E-state index contributed by atoms with van der Waals surface area (Å²) in [6.45, 7) is 6.70. The molecule has 1 fully saturated rings. The first-order valence-electron chi connectivity index (χ1n) is 10.6. The minimum Gasteiger partial charge on any atom is -0.444 e. The van der Waals surface area contributed by atoms with Crippen LogP contribution < -0.4 is 10.2 Å². The number of nitrogens with one attached hydrogen (secondary N) is 1. The number of benzene rings is 1. The Bertz CT molecular complexity index is 1110. The van der Waals surface area contributed by atoms with Crippen LogP contribution in [0.25, 0.3) is 0 Å². The minimum absolute atomic E-state index is 0.0913. The highest BCUT2D eigenvalue weighted by Gasteiger charge is 2.29. The lowest BCUT2D eigenvalue weighted by Gasteiger charge is -2.37. The van der Waals surface area contributed by atoms with E-state index in [0.29, 0.717) is 24.7 Å². The minimum atomic E-state index is -3.50. The smallest absolute Gasteiger partial charge is 0.410 e. The quantitative estimate of drug-likeness (QED) is 0.694. The fraction of sp³-hybridized carbons (Fsp3) is 0.500. The zero-order chi connectivity index (χ0) is 24.4. The Morgan fingerprint density at radius 2 is 1.88 bits per heavy atom. The van der Waals surface area contributed by atoms with Gasteiger partial charge in [0.25, 0.3) is 0 Å². The van der Waals surface area contributed by atoms with E-state index in [-0.39, 0.29) is 22.7 Å². The van der Waals surface area contributed by atoms with E-state index in [0.717, 1.165) is 25.2 Å². The Labute approximate surface area is 193 Å². The molecule has 11 heteroatoms. The van der Waals surface area contributed by atoms with Crippen LogP contribution in [-0.2, 0) is 14.6 Å². The Kier molecular flexibility index (Phi) is 7.11. The Morgan fingerprint density at radius 3 is 2.45 bits per heavy atom. The van der Waals surface area contributed by atoms with Gasteiger partial charge in [-0.25, -0.2) is 27.6 Å². The van der Waals surface area contributed by atoms with Crippen molar-refractivity contribution in [3.05, 3.63) is 36.4 Å². The van der Waals surface area contributed by atoms with Crippen molar-refractivity contribution < 1.29 is 22.3 Å². The van der Waals surface area contributed by atoms with Gasteiger partial charge in [0.1, 0.15) is 29.4 Å². The van der Waals surface area contributed by atoms with E-state index in [1.807, 2.05) is 32.7 Å². The second kappa shape index (κ2) is 9.50. The van der Waals surface area contributed by atoms with Crippen LogP contribution in [0.4, 0.5) is 26.5 Å². The number of piperidine rings is 1. The van der Waals surface area contributed by atoms with E-state index in [4.69, 9.17) is 4.74 Å². The number of nitrogens with zero attached hydrogens (tertiary/aromatic N) is 4. The molecule has 33 heavy (non-hydrogen) atoms. The molecule has 1 aromatic carbocycles. The molecule has 0 saturated carbocycles. The van der Waals surface area contributed by atoms with Gasteiger partial charge in [0, 0.05) is 38.5 Å². The maximum absolute atomic E-state index is 14.4. The summed E-state index contributed by atoms with van der Waals surface area (Å²) in [6.07, 6.45) is 3.61. The van der Waals surface area contributed by atoms with Crippen LogP contribution in [-0.4, -0.2) is 67.4 Å². The van der Waals surface area contributed by atoms with Crippen molar-refractivity contribution in [1.82, 2.24) is 14.9 Å². The number of ether oxygens (including phenoxy) is 1. The van der Waals surface area contributed by atoms with Crippen molar-refractivity contribution in [2.45, 2.75) is 50.2 Å². The van der Waals surface area contributed by atoms with E-state index >= 15 is 0 Å². The van der Waals surface area contributed by atoms with Gasteiger partial charge in [-0.2, -0.15) is 0 Å². The summed E-state index contributed by atoms with van der Waals surface area (Å²) in [6, 6.07) is 5.54. The van der Waals surface area contributed by atoms with Crippen molar-refractivity contribution in [3.63, 3.8) is 0 Å². The summed E-state index contributed by atoms with van der Waals surface area (Å²) in [4.78, 5) is 24.4. The molecule has 1 N–H and O–H groups in total. The fourth-order valence-electron chi connectivity index (χ4n) is 3.52. The Balaban J connectivity index is 1.65. The lowest BCUT2D eigenvalue weighted by atomic mass is 10.0. The van der Waals surface area contributed by atoms with Crippen LogP contribution in [0, 0.1) is 5.82 Å². The number of halogens is 1. The summed E-state index contributed by atoms with van der Waals surface area (Å²) in [5, 5.41) is 2.88. The number of carbonyl (C=O) groups excluding carboxylic acids is 1. The Hall–Kier alpha value is -2.95. The molecule has 2 heterocycles. The molecule has 1 saturated heterocycles. The van der Waals surface area contributed by atoms with Crippen molar-refractivity contribution in [3.8, 4) is 0 Å². The molecule has 3 rings (SSSR count). The van der Waals surface area contributed by atoms with Gasteiger partial charge in [-0.3, -0.25) is 0 Å². The topological polar surface area (TPSA) is 105 Å². The van der Waals surface area contributed by atoms with Crippen molar-refractivity contribution in [2.75, 3.05) is 36.6 Å². The van der Waals surface area contributed by atoms with Crippen LogP contribution in [0.5, 0.6) is 0 Å². The number of sulfone groups is 1. The van der Waals surface area contributed by atoms with E-state index in [1.54, 1.807) is 11.0 Å². The van der Waals surface area contributed by atoms with E-state index in [2.05, 4.69) is 15.3 Å². The third-order valence-corrected chi connectivity index (χ3v) is 6.42. The molecule has 1 aromatic heterocycles. The van der Waals surface area contributed by atoms with Crippen LogP contribution in [0.3, 0.4) is 0 Å². The van der Waals surface area contributed by atoms with Gasteiger partial charge in [0.15, 0.2) is 9.84 Å². The first-order chi connectivity index (χ1) is 15.3. The third kappa shape index (κ3) is 6.53. The van der Waals surface area contributed by atoms with E-state index < -0.39 is 21.3 Å². The molecule has 1 aliphatic heterocycles. The number of hydrogen-bond donors (Lipinski definition) is 1. The van der Waals surface area contributed by atoms with E-state index in [1.165, 1.54) is 18.5 Å². The fourth-order valence-corrected chi connectivity index (χ4v) is 4.16. The zero-order valence-electron chi connectivity index (χ0n) is 19.5. The average Bonchev–Trinajstić information content (AvgIpc) is 2.73. The summed E-state index contributed by atoms with van der Waals surface area (Å²) in [5.41, 5.74) is -0.417. The molecule has 0 aliphatic carbocycles. The second-order valence-corrected chi connectivity index (χ2v) is 11.1. The average molecular weight is 480 g/mol.